The van der Waals surface area contributed by atoms with E-state index < -0.39 is 10.0 Å². The number of rotatable bonds is 7. The van der Waals surface area contributed by atoms with Crippen LogP contribution in [0.2, 0.25) is 5.02 Å². The molecule has 31 heavy (non-hydrogen) atoms. The summed E-state index contributed by atoms with van der Waals surface area (Å²) in [5.74, 6) is -0.303. The summed E-state index contributed by atoms with van der Waals surface area (Å²) >= 11 is 5.94. The standard InChI is InChI=1S/C22H19ClN4O3S/c23-18-5-1-4-8-21(18)31(29,30)25-14-13-22(28)26-16-9-11-17(12-10-16)27-15-24-19-6-2-3-7-20(19)27/h1-12,15,25H,13-14H2,(H,26,28). The molecule has 0 saturated heterocycles. The lowest BCUT2D eigenvalue weighted by atomic mass is 10.2. The van der Waals surface area contributed by atoms with E-state index in [1.807, 2.05) is 41.0 Å². The number of nitrogens with one attached hydrogen (secondary N) is 2. The van der Waals surface area contributed by atoms with Crippen LogP contribution in [0.4, 0.5) is 5.69 Å². The van der Waals surface area contributed by atoms with Crippen LogP contribution in [-0.2, 0) is 14.8 Å². The van der Waals surface area contributed by atoms with Crippen molar-refractivity contribution in [2.75, 3.05) is 11.9 Å². The van der Waals surface area contributed by atoms with Gasteiger partial charge in [-0.25, -0.2) is 18.1 Å². The molecular formula is C22H19ClN4O3S. The fourth-order valence-corrected chi connectivity index (χ4v) is 4.68. The van der Waals surface area contributed by atoms with Gasteiger partial charge in [0.15, 0.2) is 0 Å². The second kappa shape index (κ2) is 8.89. The Morgan fingerprint density at radius 2 is 1.68 bits per heavy atom. The van der Waals surface area contributed by atoms with Gasteiger partial charge in [0.1, 0.15) is 11.2 Å². The van der Waals surface area contributed by atoms with E-state index in [9.17, 15) is 13.2 Å². The summed E-state index contributed by atoms with van der Waals surface area (Å²) in [5, 5.41) is 2.89. The van der Waals surface area contributed by atoms with Gasteiger partial charge in [0, 0.05) is 24.3 Å². The Labute approximate surface area is 184 Å². The van der Waals surface area contributed by atoms with Gasteiger partial charge in [0.2, 0.25) is 15.9 Å². The monoisotopic (exact) mass is 454 g/mol. The Morgan fingerprint density at radius 1 is 0.968 bits per heavy atom. The second-order valence-corrected chi connectivity index (χ2v) is 8.92. The van der Waals surface area contributed by atoms with E-state index in [0.29, 0.717) is 5.69 Å². The molecule has 0 aliphatic carbocycles. The van der Waals surface area contributed by atoms with Gasteiger partial charge in [-0.05, 0) is 48.5 Å². The highest BCUT2D eigenvalue weighted by Gasteiger charge is 2.17. The molecule has 0 fully saturated rings. The Hall–Kier alpha value is -3.20. The molecule has 0 aliphatic rings. The summed E-state index contributed by atoms with van der Waals surface area (Å²) < 4.78 is 29.0. The number of halogens is 1. The minimum atomic E-state index is -3.78. The van der Waals surface area contributed by atoms with Gasteiger partial charge in [-0.15, -0.1) is 0 Å². The number of para-hydroxylation sites is 2. The number of amides is 1. The molecule has 1 heterocycles. The fraction of sp³-hybridized carbons (Fsp3) is 0.0909. The van der Waals surface area contributed by atoms with Crippen LogP contribution in [0.25, 0.3) is 16.7 Å². The molecule has 1 amide bonds. The number of hydrogen-bond acceptors (Lipinski definition) is 4. The number of imidazole rings is 1. The third-order valence-corrected chi connectivity index (χ3v) is 6.61. The van der Waals surface area contributed by atoms with Gasteiger partial charge in [0.25, 0.3) is 0 Å². The van der Waals surface area contributed by atoms with Gasteiger partial charge >= 0.3 is 0 Å². The number of fused-ring (bicyclic) bond motifs is 1. The number of carbonyl (C=O) groups is 1. The molecule has 7 nitrogen and oxygen atoms in total. The SMILES string of the molecule is O=C(CCNS(=O)(=O)c1ccccc1Cl)Nc1ccc(-n2cnc3ccccc32)cc1. The third kappa shape index (κ3) is 4.77. The molecule has 0 bridgehead atoms. The first-order valence-corrected chi connectivity index (χ1v) is 11.4. The van der Waals surface area contributed by atoms with E-state index in [-0.39, 0.29) is 28.8 Å². The van der Waals surface area contributed by atoms with Crippen LogP contribution in [0, 0.1) is 0 Å². The highest BCUT2D eigenvalue weighted by molar-refractivity contribution is 7.89. The van der Waals surface area contributed by atoms with Crippen molar-refractivity contribution < 1.29 is 13.2 Å². The summed E-state index contributed by atoms with van der Waals surface area (Å²) in [4.78, 5) is 16.6. The molecule has 0 unspecified atom stereocenters. The van der Waals surface area contributed by atoms with Crippen molar-refractivity contribution >= 4 is 44.3 Å². The van der Waals surface area contributed by atoms with Crippen LogP contribution in [0.15, 0.2) is 84.0 Å². The first-order valence-electron chi connectivity index (χ1n) is 9.51. The Balaban J connectivity index is 1.34. The topological polar surface area (TPSA) is 93.1 Å². The molecule has 0 saturated carbocycles. The molecular weight excluding hydrogens is 436 g/mol. The number of hydrogen-bond donors (Lipinski definition) is 2. The largest absolute Gasteiger partial charge is 0.326 e. The van der Waals surface area contributed by atoms with Crippen LogP contribution >= 0.6 is 11.6 Å². The normalized spacial score (nSPS) is 11.5. The van der Waals surface area contributed by atoms with Crippen molar-refractivity contribution in [3.8, 4) is 5.69 Å². The number of anilines is 1. The van der Waals surface area contributed by atoms with Crippen molar-refractivity contribution in [2.24, 2.45) is 0 Å². The molecule has 4 aromatic rings. The summed E-state index contributed by atoms with van der Waals surface area (Å²) in [7, 11) is -3.78. The minimum Gasteiger partial charge on any atom is -0.326 e. The zero-order valence-corrected chi connectivity index (χ0v) is 17.9. The number of benzene rings is 3. The van der Waals surface area contributed by atoms with Gasteiger partial charge in [-0.3, -0.25) is 9.36 Å². The Kier molecular flexibility index (Phi) is 6.03. The van der Waals surface area contributed by atoms with E-state index in [2.05, 4.69) is 15.0 Å². The van der Waals surface area contributed by atoms with Crippen LogP contribution in [0.1, 0.15) is 6.42 Å². The lowest BCUT2D eigenvalue weighted by molar-refractivity contribution is -0.116. The highest BCUT2D eigenvalue weighted by Crippen LogP contribution is 2.21. The number of carbonyl (C=O) groups excluding carboxylic acids is 1. The van der Waals surface area contributed by atoms with Crippen LogP contribution in [0.3, 0.4) is 0 Å². The summed E-state index contributed by atoms with van der Waals surface area (Å²) in [6.45, 7) is -0.0432. The summed E-state index contributed by atoms with van der Waals surface area (Å²) in [5.41, 5.74) is 3.43. The third-order valence-electron chi connectivity index (χ3n) is 4.65. The van der Waals surface area contributed by atoms with E-state index in [4.69, 9.17) is 11.6 Å². The zero-order chi connectivity index (χ0) is 21.8. The van der Waals surface area contributed by atoms with Crippen molar-refractivity contribution in [3.63, 3.8) is 0 Å². The average molecular weight is 455 g/mol. The number of aromatic nitrogens is 2. The van der Waals surface area contributed by atoms with E-state index in [1.165, 1.54) is 12.1 Å². The Morgan fingerprint density at radius 3 is 2.45 bits per heavy atom. The molecule has 158 valence electrons. The van der Waals surface area contributed by atoms with Crippen molar-refractivity contribution in [2.45, 2.75) is 11.3 Å². The predicted octanol–water partition coefficient (Wildman–Crippen LogP) is 3.99. The van der Waals surface area contributed by atoms with E-state index >= 15 is 0 Å². The van der Waals surface area contributed by atoms with Gasteiger partial charge in [0.05, 0.1) is 16.1 Å². The molecule has 0 radical (unpaired) electrons. The van der Waals surface area contributed by atoms with Crippen LogP contribution in [-0.4, -0.2) is 30.4 Å². The first kappa shape index (κ1) is 21.0. The summed E-state index contributed by atoms with van der Waals surface area (Å²) in [6, 6.07) is 21.3. The molecule has 0 spiro atoms. The van der Waals surface area contributed by atoms with E-state index in [1.54, 1.807) is 30.6 Å². The molecule has 4 rings (SSSR count). The smallest absolute Gasteiger partial charge is 0.242 e. The lowest BCUT2D eigenvalue weighted by Crippen LogP contribution is -2.28. The van der Waals surface area contributed by atoms with Crippen molar-refractivity contribution in [3.05, 3.63) is 84.1 Å². The van der Waals surface area contributed by atoms with Crippen LogP contribution < -0.4 is 10.0 Å². The number of nitrogens with zero attached hydrogens (tertiary/aromatic N) is 2. The van der Waals surface area contributed by atoms with Gasteiger partial charge < -0.3 is 5.32 Å². The predicted molar refractivity (Wildman–Crippen MR) is 121 cm³/mol. The average Bonchev–Trinajstić information content (AvgIpc) is 3.18. The van der Waals surface area contributed by atoms with E-state index in [0.717, 1.165) is 16.7 Å². The van der Waals surface area contributed by atoms with Crippen LogP contribution in [0.5, 0.6) is 0 Å². The first-order chi connectivity index (χ1) is 14.9. The van der Waals surface area contributed by atoms with Gasteiger partial charge in [-0.1, -0.05) is 35.9 Å². The molecule has 0 aliphatic heterocycles. The van der Waals surface area contributed by atoms with Gasteiger partial charge in [-0.2, -0.15) is 0 Å². The zero-order valence-electron chi connectivity index (χ0n) is 16.3. The highest BCUT2D eigenvalue weighted by atomic mass is 35.5. The Bertz CT molecular complexity index is 1330. The quantitative estimate of drug-likeness (QED) is 0.441. The molecule has 1 aromatic heterocycles. The maximum absolute atomic E-state index is 12.3. The maximum Gasteiger partial charge on any atom is 0.242 e. The molecule has 3 aromatic carbocycles. The number of sulfonamides is 1. The molecule has 0 atom stereocenters. The fourth-order valence-electron chi connectivity index (χ4n) is 3.13. The second-order valence-electron chi connectivity index (χ2n) is 6.78. The minimum absolute atomic E-state index is 0.0142. The molecule has 9 heteroatoms. The van der Waals surface area contributed by atoms with Crippen molar-refractivity contribution in [1.82, 2.24) is 14.3 Å². The maximum atomic E-state index is 12.3. The lowest BCUT2D eigenvalue weighted by Gasteiger charge is -2.09. The van der Waals surface area contributed by atoms with Crippen molar-refractivity contribution in [1.29, 1.82) is 0 Å². The molecule has 2 N–H and O–H groups in total. The summed E-state index contributed by atoms with van der Waals surface area (Å²) in [6.07, 6.45) is 1.74.